The Morgan fingerprint density at radius 2 is 1.96 bits per heavy atom. The van der Waals surface area contributed by atoms with E-state index in [9.17, 15) is 22.2 Å². The summed E-state index contributed by atoms with van der Waals surface area (Å²) in [6, 6.07) is 3.53. The predicted molar refractivity (Wildman–Crippen MR) is 92.5 cm³/mol. The van der Waals surface area contributed by atoms with E-state index >= 15 is 0 Å². The fraction of sp³-hybridized carbons (Fsp3) is 0.500. The molecule has 26 heavy (non-hydrogen) atoms. The van der Waals surface area contributed by atoms with Gasteiger partial charge in [-0.15, -0.1) is 0 Å². The highest BCUT2D eigenvalue weighted by molar-refractivity contribution is 7.85. The van der Waals surface area contributed by atoms with Crippen LogP contribution in [0.2, 0.25) is 0 Å². The van der Waals surface area contributed by atoms with Crippen LogP contribution in [0.25, 0.3) is 0 Å². The van der Waals surface area contributed by atoms with Crippen molar-refractivity contribution < 1.29 is 31.6 Å². The Bertz CT molecular complexity index is 781. The minimum absolute atomic E-state index is 0.0115. The Balaban J connectivity index is 2.16. The van der Waals surface area contributed by atoms with Crippen molar-refractivity contribution >= 4 is 16.1 Å². The molecule has 1 aliphatic rings. The van der Waals surface area contributed by atoms with E-state index < -0.39 is 39.9 Å². The van der Waals surface area contributed by atoms with Gasteiger partial charge in [-0.3, -0.25) is 0 Å². The summed E-state index contributed by atoms with van der Waals surface area (Å²) in [5.41, 5.74) is 0.140. The summed E-state index contributed by atoms with van der Waals surface area (Å²) in [7, 11) is -4.48. The third kappa shape index (κ3) is 5.28. The normalized spacial score (nSPS) is 16.7. The molecule has 1 aliphatic carbocycles. The summed E-state index contributed by atoms with van der Waals surface area (Å²) in [4.78, 5) is 12.0. The highest BCUT2D eigenvalue weighted by atomic mass is 32.2. The standard InChI is InChI=1S/C18H23FO6S/c1-13(2)18(8-4-3-5-9-18)25-16-12-14(6-7-15(16)19)17(20)24-10-11-26(21,22)23/h6-7,12H,1,3-5,8-11H2,2H3,(H,21,22,23)/p-1. The van der Waals surface area contributed by atoms with Gasteiger partial charge in [0.25, 0.3) is 0 Å². The first-order valence-corrected chi connectivity index (χ1v) is 9.96. The Kier molecular flexibility index (Phi) is 6.41. The van der Waals surface area contributed by atoms with Crippen LogP contribution in [-0.4, -0.2) is 36.9 Å². The van der Waals surface area contributed by atoms with Crippen molar-refractivity contribution in [3.63, 3.8) is 0 Å². The van der Waals surface area contributed by atoms with Crippen LogP contribution >= 0.6 is 0 Å². The van der Waals surface area contributed by atoms with Gasteiger partial charge in [0, 0.05) is 0 Å². The molecule has 0 aromatic heterocycles. The van der Waals surface area contributed by atoms with E-state index in [1.54, 1.807) is 0 Å². The van der Waals surface area contributed by atoms with E-state index in [0.29, 0.717) is 0 Å². The number of carbonyl (C=O) groups excluding carboxylic acids is 1. The zero-order valence-corrected chi connectivity index (χ0v) is 15.4. The van der Waals surface area contributed by atoms with Crippen LogP contribution in [0.5, 0.6) is 5.75 Å². The smallest absolute Gasteiger partial charge is 0.338 e. The molecule has 0 unspecified atom stereocenters. The number of hydrogen-bond donors (Lipinski definition) is 0. The first-order chi connectivity index (χ1) is 12.1. The second-order valence-corrected chi connectivity index (χ2v) is 8.00. The fourth-order valence-electron chi connectivity index (χ4n) is 2.98. The van der Waals surface area contributed by atoms with E-state index in [1.165, 1.54) is 12.1 Å². The Morgan fingerprint density at radius 3 is 2.54 bits per heavy atom. The molecule has 1 aromatic carbocycles. The largest absolute Gasteiger partial charge is 0.748 e. The Morgan fingerprint density at radius 1 is 1.31 bits per heavy atom. The minimum atomic E-state index is -4.48. The molecule has 1 fully saturated rings. The molecule has 0 heterocycles. The molecule has 0 N–H and O–H groups in total. The van der Waals surface area contributed by atoms with E-state index in [2.05, 4.69) is 6.58 Å². The van der Waals surface area contributed by atoms with Gasteiger partial charge in [0.15, 0.2) is 11.6 Å². The van der Waals surface area contributed by atoms with Gasteiger partial charge in [-0.25, -0.2) is 17.6 Å². The van der Waals surface area contributed by atoms with Gasteiger partial charge < -0.3 is 14.0 Å². The molecule has 1 saturated carbocycles. The van der Waals surface area contributed by atoms with Crippen molar-refractivity contribution in [2.75, 3.05) is 12.4 Å². The highest BCUT2D eigenvalue weighted by Gasteiger charge is 2.36. The molecular formula is C18H22FO6S-. The van der Waals surface area contributed by atoms with E-state index in [0.717, 1.165) is 43.7 Å². The second-order valence-electron chi connectivity index (χ2n) is 6.48. The predicted octanol–water partition coefficient (Wildman–Crippen LogP) is 3.19. The summed E-state index contributed by atoms with van der Waals surface area (Å²) in [5.74, 6) is -2.37. The number of halogens is 1. The Labute approximate surface area is 152 Å². The summed E-state index contributed by atoms with van der Waals surface area (Å²) in [6.07, 6.45) is 4.41. The lowest BCUT2D eigenvalue weighted by Crippen LogP contribution is -2.39. The maximum absolute atomic E-state index is 14.2. The van der Waals surface area contributed by atoms with Gasteiger partial charge in [-0.05, 0) is 56.4 Å². The summed E-state index contributed by atoms with van der Waals surface area (Å²) in [5, 5.41) is 0. The molecule has 0 saturated heterocycles. The molecule has 0 radical (unpaired) electrons. The molecule has 0 spiro atoms. The van der Waals surface area contributed by atoms with Crippen LogP contribution in [0.15, 0.2) is 30.4 Å². The minimum Gasteiger partial charge on any atom is -0.748 e. The second kappa shape index (κ2) is 8.18. The van der Waals surface area contributed by atoms with Crippen molar-refractivity contribution in [2.24, 2.45) is 0 Å². The van der Waals surface area contributed by atoms with Crippen LogP contribution in [0.1, 0.15) is 49.4 Å². The zero-order chi connectivity index (χ0) is 19.4. The lowest BCUT2D eigenvalue weighted by atomic mass is 9.80. The van der Waals surface area contributed by atoms with Gasteiger partial charge in [0.1, 0.15) is 12.2 Å². The van der Waals surface area contributed by atoms with Crippen molar-refractivity contribution in [1.82, 2.24) is 0 Å². The molecular weight excluding hydrogens is 363 g/mol. The van der Waals surface area contributed by atoms with Crippen LogP contribution in [0.3, 0.4) is 0 Å². The maximum Gasteiger partial charge on any atom is 0.338 e. The Hall–Kier alpha value is -1.93. The summed E-state index contributed by atoms with van der Waals surface area (Å²) in [6.45, 7) is 5.25. The zero-order valence-electron chi connectivity index (χ0n) is 14.6. The number of ether oxygens (including phenoxy) is 2. The quantitative estimate of drug-likeness (QED) is 0.407. The van der Waals surface area contributed by atoms with Crippen molar-refractivity contribution in [3.05, 3.63) is 41.7 Å². The van der Waals surface area contributed by atoms with Gasteiger partial charge >= 0.3 is 5.97 Å². The van der Waals surface area contributed by atoms with Crippen LogP contribution < -0.4 is 4.74 Å². The summed E-state index contributed by atoms with van der Waals surface area (Å²) < 4.78 is 56.5. The van der Waals surface area contributed by atoms with E-state index in [1.807, 2.05) is 6.92 Å². The van der Waals surface area contributed by atoms with E-state index in [4.69, 9.17) is 9.47 Å². The lowest BCUT2D eigenvalue weighted by Gasteiger charge is -2.38. The van der Waals surface area contributed by atoms with Crippen molar-refractivity contribution in [3.8, 4) is 5.75 Å². The van der Waals surface area contributed by atoms with Gasteiger partial charge in [0.2, 0.25) is 0 Å². The van der Waals surface area contributed by atoms with E-state index in [-0.39, 0.29) is 11.3 Å². The van der Waals surface area contributed by atoms with Crippen molar-refractivity contribution in [2.45, 2.75) is 44.6 Å². The molecule has 0 bridgehead atoms. The summed E-state index contributed by atoms with van der Waals surface area (Å²) >= 11 is 0. The SMILES string of the molecule is C=C(C)C1(Oc2cc(C(=O)OCCS(=O)(=O)[O-])ccc2F)CCCCC1. The van der Waals surface area contributed by atoms with Crippen LogP contribution in [0.4, 0.5) is 4.39 Å². The number of hydrogen-bond acceptors (Lipinski definition) is 6. The first-order valence-electron chi connectivity index (χ1n) is 8.38. The molecule has 2 rings (SSSR count). The number of carbonyl (C=O) groups is 1. The molecule has 0 atom stereocenters. The third-order valence-corrected chi connectivity index (χ3v) is 5.14. The van der Waals surface area contributed by atoms with Crippen LogP contribution in [-0.2, 0) is 14.9 Å². The van der Waals surface area contributed by atoms with Crippen molar-refractivity contribution in [1.29, 1.82) is 0 Å². The first kappa shape index (κ1) is 20.4. The molecule has 8 heteroatoms. The fourth-order valence-corrected chi connectivity index (χ4v) is 3.27. The average molecular weight is 385 g/mol. The third-order valence-electron chi connectivity index (χ3n) is 4.48. The number of rotatable bonds is 7. The van der Waals surface area contributed by atoms with Gasteiger partial charge in [-0.2, -0.15) is 0 Å². The van der Waals surface area contributed by atoms with Gasteiger partial charge in [-0.1, -0.05) is 13.0 Å². The number of esters is 1. The molecule has 6 nitrogen and oxygen atoms in total. The molecule has 144 valence electrons. The topological polar surface area (TPSA) is 92.7 Å². The molecule has 0 aliphatic heterocycles. The average Bonchev–Trinajstić information content (AvgIpc) is 2.56. The van der Waals surface area contributed by atoms with Gasteiger partial charge in [0.05, 0.1) is 21.4 Å². The monoisotopic (exact) mass is 385 g/mol. The van der Waals surface area contributed by atoms with Crippen LogP contribution in [0, 0.1) is 5.82 Å². The maximum atomic E-state index is 14.2. The lowest BCUT2D eigenvalue weighted by molar-refractivity contribution is 0.0516. The molecule has 0 amide bonds. The number of benzene rings is 1. The highest BCUT2D eigenvalue weighted by Crippen LogP contribution is 2.38. The molecule has 1 aromatic rings.